The molecule has 0 aromatic rings. The summed E-state index contributed by atoms with van der Waals surface area (Å²) in [6, 6.07) is 0.481. The van der Waals surface area contributed by atoms with Crippen molar-refractivity contribution in [3.63, 3.8) is 0 Å². The Kier molecular flexibility index (Phi) is 3.31. The second-order valence-corrected chi connectivity index (χ2v) is 4.09. The number of hydrogen-bond donors (Lipinski definition) is 1. The fraction of sp³-hybridized carbons (Fsp3) is 0.900. The van der Waals surface area contributed by atoms with E-state index in [0.717, 1.165) is 12.8 Å². The summed E-state index contributed by atoms with van der Waals surface area (Å²) in [6.07, 6.45) is 3.48. The molecule has 0 spiro atoms. The minimum atomic E-state index is -0.708. The molecule has 0 saturated carbocycles. The van der Waals surface area contributed by atoms with Gasteiger partial charge >= 0.3 is 5.97 Å². The minimum Gasteiger partial charge on any atom is -0.480 e. The Bertz CT molecular complexity index is 183. The maximum atomic E-state index is 10.8. The first-order valence-corrected chi connectivity index (χ1v) is 5.04. The zero-order chi connectivity index (χ0) is 10.0. The van der Waals surface area contributed by atoms with Gasteiger partial charge in [-0.05, 0) is 33.6 Å². The topological polar surface area (TPSA) is 40.5 Å². The highest BCUT2D eigenvalue weighted by Gasteiger charge is 2.31. The third-order valence-corrected chi connectivity index (χ3v) is 3.07. The highest BCUT2D eigenvalue weighted by atomic mass is 16.4. The standard InChI is InChI=1S/C10H19NO2/c1-7-5-4-6-8(2)11(7)9(3)10(12)13/h7-9H,4-6H2,1-3H3,(H,12,13). The van der Waals surface area contributed by atoms with Crippen molar-refractivity contribution < 1.29 is 9.90 Å². The van der Waals surface area contributed by atoms with Crippen LogP contribution in [0.25, 0.3) is 0 Å². The molecule has 1 heterocycles. The van der Waals surface area contributed by atoms with Crippen LogP contribution in [0.4, 0.5) is 0 Å². The Morgan fingerprint density at radius 2 is 1.85 bits per heavy atom. The van der Waals surface area contributed by atoms with Gasteiger partial charge in [-0.3, -0.25) is 9.69 Å². The van der Waals surface area contributed by atoms with Crippen LogP contribution in [0.3, 0.4) is 0 Å². The van der Waals surface area contributed by atoms with Crippen LogP contribution in [0, 0.1) is 0 Å². The highest BCUT2D eigenvalue weighted by molar-refractivity contribution is 5.73. The molecule has 1 saturated heterocycles. The number of carboxylic acids is 1. The zero-order valence-corrected chi connectivity index (χ0v) is 8.66. The van der Waals surface area contributed by atoms with Crippen molar-refractivity contribution in [3.05, 3.63) is 0 Å². The lowest BCUT2D eigenvalue weighted by Crippen LogP contribution is -2.51. The lowest BCUT2D eigenvalue weighted by Gasteiger charge is -2.41. The van der Waals surface area contributed by atoms with Gasteiger partial charge in [-0.15, -0.1) is 0 Å². The van der Waals surface area contributed by atoms with Crippen LogP contribution in [0.2, 0.25) is 0 Å². The molecule has 0 aromatic heterocycles. The molecule has 1 aliphatic rings. The number of likely N-dealkylation sites (tertiary alicyclic amines) is 1. The molecule has 1 aliphatic heterocycles. The van der Waals surface area contributed by atoms with E-state index >= 15 is 0 Å². The largest absolute Gasteiger partial charge is 0.480 e. The van der Waals surface area contributed by atoms with Crippen LogP contribution >= 0.6 is 0 Å². The van der Waals surface area contributed by atoms with Gasteiger partial charge in [0, 0.05) is 12.1 Å². The second kappa shape index (κ2) is 4.09. The van der Waals surface area contributed by atoms with Crippen LogP contribution in [0.15, 0.2) is 0 Å². The van der Waals surface area contributed by atoms with E-state index in [9.17, 15) is 4.79 Å². The van der Waals surface area contributed by atoms with Gasteiger partial charge in [-0.25, -0.2) is 0 Å². The molecule has 0 radical (unpaired) electrons. The molecule has 0 bridgehead atoms. The van der Waals surface area contributed by atoms with E-state index in [-0.39, 0.29) is 6.04 Å². The van der Waals surface area contributed by atoms with Gasteiger partial charge in [0.2, 0.25) is 0 Å². The quantitative estimate of drug-likeness (QED) is 0.712. The van der Waals surface area contributed by atoms with E-state index in [1.54, 1.807) is 6.92 Å². The molecular formula is C10H19NO2. The lowest BCUT2D eigenvalue weighted by molar-refractivity contribution is -0.145. The van der Waals surface area contributed by atoms with Gasteiger partial charge < -0.3 is 5.11 Å². The Balaban J connectivity index is 2.67. The summed E-state index contributed by atoms with van der Waals surface area (Å²) in [4.78, 5) is 13.0. The van der Waals surface area contributed by atoms with Gasteiger partial charge in [0.05, 0.1) is 0 Å². The first-order valence-electron chi connectivity index (χ1n) is 5.04. The Morgan fingerprint density at radius 1 is 1.38 bits per heavy atom. The van der Waals surface area contributed by atoms with Gasteiger partial charge in [-0.1, -0.05) is 6.42 Å². The summed E-state index contributed by atoms with van der Waals surface area (Å²) >= 11 is 0. The van der Waals surface area contributed by atoms with Crippen molar-refractivity contribution in [1.29, 1.82) is 0 Å². The zero-order valence-electron chi connectivity index (χ0n) is 8.66. The van der Waals surface area contributed by atoms with Crippen molar-refractivity contribution in [3.8, 4) is 0 Å². The Morgan fingerprint density at radius 3 is 2.23 bits per heavy atom. The number of piperidine rings is 1. The molecule has 3 unspecified atom stereocenters. The van der Waals surface area contributed by atoms with Crippen molar-refractivity contribution >= 4 is 5.97 Å². The molecule has 1 fully saturated rings. The molecule has 3 atom stereocenters. The fourth-order valence-electron chi connectivity index (χ4n) is 2.33. The molecule has 0 amide bonds. The average Bonchev–Trinajstić information content (AvgIpc) is 2.03. The number of hydrogen-bond acceptors (Lipinski definition) is 2. The number of carboxylic acid groups (broad SMARTS) is 1. The lowest BCUT2D eigenvalue weighted by atomic mass is 9.95. The van der Waals surface area contributed by atoms with Crippen LogP contribution in [0.1, 0.15) is 40.0 Å². The van der Waals surface area contributed by atoms with Crippen LogP contribution in [-0.4, -0.2) is 34.1 Å². The Labute approximate surface area is 79.7 Å². The molecule has 3 heteroatoms. The van der Waals surface area contributed by atoms with Crippen molar-refractivity contribution in [1.82, 2.24) is 4.90 Å². The average molecular weight is 185 g/mol. The maximum Gasteiger partial charge on any atom is 0.320 e. The van der Waals surface area contributed by atoms with E-state index in [2.05, 4.69) is 18.7 Å². The predicted octanol–water partition coefficient (Wildman–Crippen LogP) is 1.72. The summed E-state index contributed by atoms with van der Waals surface area (Å²) in [5, 5.41) is 8.93. The van der Waals surface area contributed by atoms with E-state index in [1.165, 1.54) is 6.42 Å². The van der Waals surface area contributed by atoms with Crippen molar-refractivity contribution in [2.24, 2.45) is 0 Å². The molecule has 13 heavy (non-hydrogen) atoms. The molecular weight excluding hydrogens is 166 g/mol. The smallest absolute Gasteiger partial charge is 0.320 e. The van der Waals surface area contributed by atoms with Crippen LogP contribution in [-0.2, 0) is 4.79 Å². The van der Waals surface area contributed by atoms with E-state index in [0.29, 0.717) is 12.1 Å². The van der Waals surface area contributed by atoms with E-state index < -0.39 is 5.97 Å². The molecule has 1 N–H and O–H groups in total. The van der Waals surface area contributed by atoms with Crippen molar-refractivity contribution in [2.45, 2.75) is 58.2 Å². The van der Waals surface area contributed by atoms with Gasteiger partial charge in [0.15, 0.2) is 0 Å². The normalized spacial score (nSPS) is 32.8. The third-order valence-electron chi connectivity index (χ3n) is 3.07. The number of carbonyl (C=O) groups is 1. The number of nitrogens with zero attached hydrogens (tertiary/aromatic N) is 1. The summed E-state index contributed by atoms with van der Waals surface area (Å²) in [6.45, 7) is 6.02. The molecule has 3 nitrogen and oxygen atoms in total. The monoisotopic (exact) mass is 185 g/mol. The van der Waals surface area contributed by atoms with Crippen LogP contribution in [0.5, 0.6) is 0 Å². The van der Waals surface area contributed by atoms with E-state index in [4.69, 9.17) is 5.11 Å². The van der Waals surface area contributed by atoms with E-state index in [1.807, 2.05) is 0 Å². The fourth-order valence-corrected chi connectivity index (χ4v) is 2.33. The van der Waals surface area contributed by atoms with Gasteiger partial charge in [-0.2, -0.15) is 0 Å². The van der Waals surface area contributed by atoms with Gasteiger partial charge in [0.1, 0.15) is 6.04 Å². The predicted molar refractivity (Wildman–Crippen MR) is 51.7 cm³/mol. The number of rotatable bonds is 2. The first-order chi connectivity index (χ1) is 6.04. The molecule has 0 aromatic carbocycles. The molecule has 0 aliphatic carbocycles. The highest BCUT2D eigenvalue weighted by Crippen LogP contribution is 2.24. The van der Waals surface area contributed by atoms with Crippen molar-refractivity contribution in [2.75, 3.05) is 0 Å². The SMILES string of the molecule is CC1CCCC(C)N1C(C)C(=O)O. The summed E-state index contributed by atoms with van der Waals surface area (Å²) in [7, 11) is 0. The summed E-state index contributed by atoms with van der Waals surface area (Å²) < 4.78 is 0. The molecule has 76 valence electrons. The maximum absolute atomic E-state index is 10.8. The van der Waals surface area contributed by atoms with Crippen LogP contribution < -0.4 is 0 Å². The number of aliphatic carboxylic acids is 1. The third kappa shape index (κ3) is 2.21. The Hall–Kier alpha value is -0.570. The minimum absolute atomic E-state index is 0.342. The van der Waals surface area contributed by atoms with Gasteiger partial charge in [0.25, 0.3) is 0 Å². The second-order valence-electron chi connectivity index (χ2n) is 4.09. The summed E-state index contributed by atoms with van der Waals surface area (Å²) in [5.41, 5.74) is 0. The summed E-state index contributed by atoms with van der Waals surface area (Å²) in [5.74, 6) is -0.708. The first kappa shape index (κ1) is 10.5. The molecule has 1 rings (SSSR count).